The molecule has 1 N–H and O–H groups in total. The topological polar surface area (TPSA) is 42.7 Å². The van der Waals surface area contributed by atoms with E-state index < -0.39 is 0 Å². The second-order valence-corrected chi connectivity index (χ2v) is 4.55. The zero-order valence-corrected chi connectivity index (χ0v) is 10.4. The third-order valence-corrected chi connectivity index (χ3v) is 3.47. The van der Waals surface area contributed by atoms with Crippen LogP contribution in [-0.4, -0.2) is 21.1 Å². The molecule has 0 aliphatic rings. The summed E-state index contributed by atoms with van der Waals surface area (Å²) in [7, 11) is 0. The molecular weight excluding hydrogens is 220 g/mol. The Labute approximate surface area is 99.4 Å². The molecule has 0 bridgehead atoms. The van der Waals surface area contributed by atoms with Crippen molar-refractivity contribution in [2.45, 2.75) is 26.4 Å². The lowest BCUT2D eigenvalue weighted by Crippen LogP contribution is -2.17. The van der Waals surface area contributed by atoms with Crippen molar-refractivity contribution < 1.29 is 0 Å². The molecule has 2 rings (SSSR count). The van der Waals surface area contributed by atoms with Crippen LogP contribution in [0.15, 0.2) is 24.1 Å². The van der Waals surface area contributed by atoms with Crippen LogP contribution < -0.4 is 5.32 Å². The molecule has 0 saturated carbocycles. The molecule has 0 saturated heterocycles. The fourth-order valence-corrected chi connectivity index (χ4v) is 2.32. The van der Waals surface area contributed by atoms with Gasteiger partial charge >= 0.3 is 0 Å². The zero-order valence-electron chi connectivity index (χ0n) is 9.55. The number of aromatic nitrogens is 3. The van der Waals surface area contributed by atoms with Gasteiger partial charge in [-0.15, -0.1) is 11.3 Å². The van der Waals surface area contributed by atoms with Crippen LogP contribution in [0.3, 0.4) is 0 Å². The number of hydrogen-bond acceptors (Lipinski definition) is 4. The highest BCUT2D eigenvalue weighted by Gasteiger charge is 2.13. The van der Waals surface area contributed by atoms with E-state index in [1.807, 2.05) is 24.1 Å². The summed E-state index contributed by atoms with van der Waals surface area (Å²) >= 11 is 1.68. The second kappa shape index (κ2) is 5.23. The summed E-state index contributed by atoms with van der Waals surface area (Å²) in [5.74, 6) is 0. The summed E-state index contributed by atoms with van der Waals surface area (Å²) in [6.45, 7) is 6.07. The normalized spacial score (nSPS) is 12.9. The quantitative estimate of drug-likeness (QED) is 0.864. The molecule has 0 amide bonds. The van der Waals surface area contributed by atoms with Gasteiger partial charge in [-0.05, 0) is 13.5 Å². The number of imidazole rings is 1. The third kappa shape index (κ3) is 2.31. The van der Waals surface area contributed by atoms with Gasteiger partial charge in [0.05, 0.1) is 18.1 Å². The Kier molecular flexibility index (Phi) is 3.69. The highest BCUT2D eigenvalue weighted by Crippen LogP contribution is 2.21. The summed E-state index contributed by atoms with van der Waals surface area (Å²) in [6.07, 6.45) is 5.63. The minimum atomic E-state index is 0.260. The molecule has 2 heterocycles. The van der Waals surface area contributed by atoms with Crippen LogP contribution >= 0.6 is 11.3 Å². The molecule has 0 aliphatic heterocycles. The first-order valence-electron chi connectivity index (χ1n) is 5.43. The monoisotopic (exact) mass is 236 g/mol. The van der Waals surface area contributed by atoms with Crippen LogP contribution in [0.1, 0.15) is 30.6 Å². The highest BCUT2D eigenvalue weighted by atomic mass is 32.1. The zero-order chi connectivity index (χ0) is 11.4. The van der Waals surface area contributed by atoms with E-state index in [1.54, 1.807) is 11.3 Å². The highest BCUT2D eigenvalue weighted by molar-refractivity contribution is 7.09. The maximum absolute atomic E-state index is 4.34. The average molecular weight is 236 g/mol. The first kappa shape index (κ1) is 11.3. The molecule has 0 aromatic carbocycles. The van der Waals surface area contributed by atoms with Crippen molar-refractivity contribution in [3.8, 4) is 0 Å². The fraction of sp³-hybridized carbons (Fsp3) is 0.455. The lowest BCUT2D eigenvalue weighted by Gasteiger charge is -2.14. The Hall–Kier alpha value is -1.20. The SMILES string of the molecule is CCNCc1cncn1C(C)c1nccs1. The van der Waals surface area contributed by atoms with Gasteiger partial charge in [0.15, 0.2) is 0 Å². The minimum absolute atomic E-state index is 0.260. The van der Waals surface area contributed by atoms with Crippen molar-refractivity contribution >= 4 is 11.3 Å². The summed E-state index contributed by atoms with van der Waals surface area (Å²) < 4.78 is 2.17. The van der Waals surface area contributed by atoms with Gasteiger partial charge in [0.1, 0.15) is 5.01 Å². The van der Waals surface area contributed by atoms with Crippen LogP contribution in [0.5, 0.6) is 0 Å². The molecule has 16 heavy (non-hydrogen) atoms. The lowest BCUT2D eigenvalue weighted by molar-refractivity contribution is 0.580. The lowest BCUT2D eigenvalue weighted by atomic mass is 10.3. The van der Waals surface area contributed by atoms with Crippen molar-refractivity contribution in [1.82, 2.24) is 19.9 Å². The molecule has 4 nitrogen and oxygen atoms in total. The largest absolute Gasteiger partial charge is 0.324 e. The molecule has 0 aliphatic carbocycles. The Morgan fingerprint density at radius 3 is 3.12 bits per heavy atom. The van der Waals surface area contributed by atoms with Gasteiger partial charge < -0.3 is 9.88 Å². The molecular formula is C11H16N4S. The Morgan fingerprint density at radius 2 is 2.44 bits per heavy atom. The van der Waals surface area contributed by atoms with Gasteiger partial charge in [-0.3, -0.25) is 0 Å². The predicted octanol–water partition coefficient (Wildman–Crippen LogP) is 2.06. The van der Waals surface area contributed by atoms with E-state index in [4.69, 9.17) is 0 Å². The van der Waals surface area contributed by atoms with Crippen molar-refractivity contribution in [3.05, 3.63) is 34.8 Å². The fourth-order valence-electron chi connectivity index (χ4n) is 1.63. The number of nitrogens with one attached hydrogen (secondary N) is 1. The average Bonchev–Trinajstić information content (AvgIpc) is 2.96. The first-order valence-corrected chi connectivity index (χ1v) is 6.31. The van der Waals surface area contributed by atoms with E-state index in [0.29, 0.717) is 0 Å². The molecule has 1 unspecified atom stereocenters. The van der Waals surface area contributed by atoms with Gasteiger partial charge in [-0.1, -0.05) is 6.92 Å². The summed E-state index contributed by atoms with van der Waals surface area (Å²) in [4.78, 5) is 8.55. The van der Waals surface area contributed by atoms with Crippen LogP contribution in [0.2, 0.25) is 0 Å². The summed E-state index contributed by atoms with van der Waals surface area (Å²) in [5.41, 5.74) is 1.20. The standard InChI is InChI=1S/C11H16N4S/c1-3-12-6-10-7-13-8-15(10)9(2)11-14-4-5-16-11/h4-5,7-9,12H,3,6H2,1-2H3. The predicted molar refractivity (Wildman–Crippen MR) is 65.5 cm³/mol. The van der Waals surface area contributed by atoms with Gasteiger partial charge in [-0.2, -0.15) is 0 Å². The van der Waals surface area contributed by atoms with Gasteiger partial charge in [0.25, 0.3) is 0 Å². The number of nitrogens with zero attached hydrogens (tertiary/aromatic N) is 3. The molecule has 0 fully saturated rings. The van der Waals surface area contributed by atoms with Gasteiger partial charge in [0.2, 0.25) is 0 Å². The Balaban J connectivity index is 2.17. The maximum atomic E-state index is 4.34. The second-order valence-electron chi connectivity index (χ2n) is 3.62. The minimum Gasteiger partial charge on any atom is -0.324 e. The van der Waals surface area contributed by atoms with Crippen molar-refractivity contribution in [1.29, 1.82) is 0 Å². The molecule has 0 radical (unpaired) electrons. The van der Waals surface area contributed by atoms with Crippen molar-refractivity contribution in [2.24, 2.45) is 0 Å². The first-order chi connectivity index (χ1) is 7.83. The molecule has 2 aromatic heterocycles. The van der Waals surface area contributed by atoms with E-state index in [1.165, 1.54) is 5.69 Å². The smallest absolute Gasteiger partial charge is 0.115 e. The number of rotatable bonds is 5. The van der Waals surface area contributed by atoms with Crippen molar-refractivity contribution in [2.75, 3.05) is 6.54 Å². The van der Waals surface area contributed by atoms with Crippen LogP contribution in [-0.2, 0) is 6.54 Å². The van der Waals surface area contributed by atoms with Crippen molar-refractivity contribution in [3.63, 3.8) is 0 Å². The number of hydrogen-bond donors (Lipinski definition) is 1. The molecule has 1 atom stereocenters. The van der Waals surface area contributed by atoms with E-state index in [-0.39, 0.29) is 6.04 Å². The maximum Gasteiger partial charge on any atom is 0.115 e. The number of thiazole rings is 1. The van der Waals surface area contributed by atoms with E-state index in [9.17, 15) is 0 Å². The summed E-state index contributed by atoms with van der Waals surface area (Å²) in [6, 6.07) is 0.260. The van der Waals surface area contributed by atoms with Gasteiger partial charge in [0, 0.05) is 24.3 Å². The molecule has 5 heteroatoms. The van der Waals surface area contributed by atoms with Gasteiger partial charge in [-0.25, -0.2) is 9.97 Å². The Bertz CT molecular complexity index is 421. The molecule has 86 valence electrons. The third-order valence-electron chi connectivity index (χ3n) is 2.53. The van der Waals surface area contributed by atoms with Crippen LogP contribution in [0.25, 0.3) is 0 Å². The molecule has 2 aromatic rings. The van der Waals surface area contributed by atoms with E-state index in [2.05, 4.69) is 33.7 Å². The van der Waals surface area contributed by atoms with Crippen LogP contribution in [0, 0.1) is 0 Å². The van der Waals surface area contributed by atoms with E-state index >= 15 is 0 Å². The Morgan fingerprint density at radius 1 is 1.56 bits per heavy atom. The summed E-state index contributed by atoms with van der Waals surface area (Å²) in [5, 5.41) is 6.44. The molecule has 0 spiro atoms. The van der Waals surface area contributed by atoms with Crippen LogP contribution in [0.4, 0.5) is 0 Å². The van der Waals surface area contributed by atoms with E-state index in [0.717, 1.165) is 18.1 Å².